The van der Waals surface area contributed by atoms with Crippen molar-refractivity contribution < 1.29 is 14.7 Å². The fraction of sp³-hybridized carbons (Fsp3) is 0.400. The molecule has 3 aliphatic rings. The Kier molecular flexibility index (Phi) is 5.21. The minimum atomic E-state index is -0.239. The number of carbonyl (C=O) groups excluding carboxylic acids is 2. The van der Waals surface area contributed by atoms with Crippen LogP contribution in [0.4, 0.5) is 0 Å². The van der Waals surface area contributed by atoms with E-state index in [1.165, 1.54) is 12.8 Å². The average molecular weight is 415 g/mol. The van der Waals surface area contributed by atoms with Gasteiger partial charge in [-0.05, 0) is 42.2 Å². The third kappa shape index (κ3) is 3.94. The van der Waals surface area contributed by atoms with Crippen molar-refractivity contribution >= 4 is 11.8 Å². The largest absolute Gasteiger partial charge is 0.394 e. The molecule has 3 fully saturated rings. The minimum Gasteiger partial charge on any atom is -0.394 e. The molecule has 1 saturated carbocycles. The van der Waals surface area contributed by atoms with Gasteiger partial charge in [0.05, 0.1) is 31.7 Å². The summed E-state index contributed by atoms with van der Waals surface area (Å²) in [5.41, 5.74) is 2.90. The molecular formula is C25H25N3O3. The number of benzene rings is 1. The van der Waals surface area contributed by atoms with Gasteiger partial charge in [0.25, 0.3) is 0 Å². The summed E-state index contributed by atoms with van der Waals surface area (Å²) in [4.78, 5) is 33.1. The van der Waals surface area contributed by atoms with Gasteiger partial charge in [-0.25, -0.2) is 0 Å². The molecule has 0 bridgehead atoms. The molecule has 2 amide bonds. The van der Waals surface area contributed by atoms with Crippen LogP contribution in [0, 0.1) is 17.8 Å². The van der Waals surface area contributed by atoms with Crippen molar-refractivity contribution in [3.8, 4) is 11.8 Å². The van der Waals surface area contributed by atoms with Crippen LogP contribution in [-0.2, 0) is 16.0 Å². The first-order chi connectivity index (χ1) is 15.1. The number of pyridine rings is 1. The molecule has 3 atom stereocenters. The van der Waals surface area contributed by atoms with Gasteiger partial charge in [-0.1, -0.05) is 30.0 Å². The Hall–Kier alpha value is -3.17. The van der Waals surface area contributed by atoms with Crippen LogP contribution in [0.15, 0.2) is 48.8 Å². The highest BCUT2D eigenvalue weighted by Gasteiger charge is 2.54. The highest BCUT2D eigenvalue weighted by molar-refractivity contribution is 5.88. The third-order valence-corrected chi connectivity index (χ3v) is 6.48. The number of hydrogen-bond donors (Lipinski definition) is 1. The predicted octanol–water partition coefficient (Wildman–Crippen LogP) is 1.58. The standard InChI is InChI=1S/C25H25N3O3/c29-16-22-25(20-9-7-18(8-10-20)6-5-17-3-4-17)21-14-27(15-24(31)28(21)22)23(30)12-19-2-1-11-26-13-19/h1-2,7-11,13,17,21-22,25,29H,3-4,12,14-16H2/t21-,22-,25+/m0/s1. The van der Waals surface area contributed by atoms with Crippen LogP contribution in [0.2, 0.25) is 0 Å². The molecule has 2 saturated heterocycles. The summed E-state index contributed by atoms with van der Waals surface area (Å²) in [6, 6.07) is 11.4. The highest BCUT2D eigenvalue weighted by Crippen LogP contribution is 2.43. The van der Waals surface area contributed by atoms with E-state index in [0.29, 0.717) is 12.5 Å². The molecule has 3 heterocycles. The summed E-state index contributed by atoms with van der Waals surface area (Å²) in [7, 11) is 0. The number of rotatable bonds is 4. The Morgan fingerprint density at radius 1 is 1.19 bits per heavy atom. The summed E-state index contributed by atoms with van der Waals surface area (Å²) >= 11 is 0. The first kappa shape index (κ1) is 19.8. The maximum absolute atomic E-state index is 12.8. The fourth-order valence-corrected chi connectivity index (χ4v) is 4.68. The van der Waals surface area contributed by atoms with E-state index in [-0.39, 0.29) is 49.4 Å². The molecule has 1 aliphatic carbocycles. The van der Waals surface area contributed by atoms with Crippen molar-refractivity contribution in [1.82, 2.24) is 14.8 Å². The normalized spacial score (nSPS) is 24.7. The zero-order chi connectivity index (χ0) is 21.4. The third-order valence-electron chi connectivity index (χ3n) is 6.48. The Balaban J connectivity index is 1.31. The summed E-state index contributed by atoms with van der Waals surface area (Å²) in [5, 5.41) is 9.95. The van der Waals surface area contributed by atoms with Gasteiger partial charge < -0.3 is 14.9 Å². The number of fused-ring (bicyclic) bond motifs is 1. The number of nitrogens with zero attached hydrogens (tertiary/aromatic N) is 3. The van der Waals surface area contributed by atoms with Crippen LogP contribution in [0.25, 0.3) is 0 Å². The molecule has 158 valence electrons. The minimum absolute atomic E-state index is 0.00776. The van der Waals surface area contributed by atoms with Crippen molar-refractivity contribution in [2.45, 2.75) is 37.3 Å². The van der Waals surface area contributed by atoms with E-state index in [2.05, 4.69) is 16.8 Å². The van der Waals surface area contributed by atoms with E-state index in [9.17, 15) is 14.7 Å². The number of amides is 2. The molecule has 31 heavy (non-hydrogen) atoms. The van der Waals surface area contributed by atoms with Crippen molar-refractivity contribution in [2.24, 2.45) is 5.92 Å². The van der Waals surface area contributed by atoms with Crippen LogP contribution in [0.1, 0.15) is 35.4 Å². The van der Waals surface area contributed by atoms with Gasteiger partial charge in [0.1, 0.15) is 0 Å². The number of carbonyl (C=O) groups is 2. The Morgan fingerprint density at radius 2 is 2.00 bits per heavy atom. The average Bonchev–Trinajstić information content (AvgIpc) is 3.60. The lowest BCUT2D eigenvalue weighted by Crippen LogP contribution is -2.73. The highest BCUT2D eigenvalue weighted by atomic mass is 16.3. The van der Waals surface area contributed by atoms with Crippen molar-refractivity contribution in [1.29, 1.82) is 0 Å². The summed E-state index contributed by atoms with van der Waals surface area (Å²) < 4.78 is 0. The SMILES string of the molecule is O=C(Cc1cccnc1)N1CC(=O)N2[C@@H](CO)[C@H](c3ccc(C#CC4CC4)cc3)[C@@H]2C1. The van der Waals surface area contributed by atoms with Crippen molar-refractivity contribution in [3.63, 3.8) is 0 Å². The monoisotopic (exact) mass is 415 g/mol. The maximum atomic E-state index is 12.8. The van der Waals surface area contributed by atoms with Crippen molar-refractivity contribution in [2.75, 3.05) is 19.7 Å². The summed E-state index contributed by atoms with van der Waals surface area (Å²) in [6.45, 7) is 0.462. The van der Waals surface area contributed by atoms with Gasteiger partial charge >= 0.3 is 0 Å². The molecule has 0 spiro atoms. The summed E-state index contributed by atoms with van der Waals surface area (Å²) in [5.74, 6) is 6.88. The van der Waals surface area contributed by atoms with Crippen LogP contribution in [0.5, 0.6) is 0 Å². The summed E-state index contributed by atoms with van der Waals surface area (Å²) in [6.07, 6.45) is 5.99. The van der Waals surface area contributed by atoms with Gasteiger partial charge in [0, 0.05) is 36.3 Å². The first-order valence-corrected chi connectivity index (χ1v) is 10.8. The van der Waals surface area contributed by atoms with E-state index in [1.807, 2.05) is 30.3 Å². The molecule has 0 unspecified atom stereocenters. The van der Waals surface area contributed by atoms with E-state index in [0.717, 1.165) is 16.7 Å². The van der Waals surface area contributed by atoms with Crippen molar-refractivity contribution in [3.05, 3.63) is 65.5 Å². The second-order valence-electron chi connectivity index (χ2n) is 8.62. The fourth-order valence-electron chi connectivity index (χ4n) is 4.68. The molecule has 6 nitrogen and oxygen atoms in total. The number of aliphatic hydroxyl groups excluding tert-OH is 1. The Labute approximate surface area is 181 Å². The van der Waals surface area contributed by atoms with Crippen LogP contribution < -0.4 is 0 Å². The van der Waals surface area contributed by atoms with Crippen LogP contribution in [0.3, 0.4) is 0 Å². The second-order valence-corrected chi connectivity index (χ2v) is 8.62. The molecule has 5 rings (SSSR count). The number of aromatic nitrogens is 1. The van der Waals surface area contributed by atoms with Gasteiger partial charge in [0.15, 0.2) is 0 Å². The van der Waals surface area contributed by atoms with E-state index in [1.54, 1.807) is 28.3 Å². The maximum Gasteiger partial charge on any atom is 0.242 e. The number of piperazine rings is 1. The zero-order valence-electron chi connectivity index (χ0n) is 17.3. The molecule has 2 aromatic rings. The molecule has 6 heteroatoms. The lowest BCUT2D eigenvalue weighted by atomic mass is 9.73. The Bertz CT molecular complexity index is 1040. The number of aliphatic hydroxyl groups is 1. The smallest absolute Gasteiger partial charge is 0.242 e. The van der Waals surface area contributed by atoms with Crippen LogP contribution in [-0.4, -0.2) is 63.5 Å². The van der Waals surface area contributed by atoms with E-state index in [4.69, 9.17) is 0 Å². The van der Waals surface area contributed by atoms with E-state index >= 15 is 0 Å². The molecule has 1 N–H and O–H groups in total. The molecule has 1 aromatic heterocycles. The predicted molar refractivity (Wildman–Crippen MR) is 115 cm³/mol. The van der Waals surface area contributed by atoms with Gasteiger partial charge in [-0.15, -0.1) is 0 Å². The topological polar surface area (TPSA) is 73.7 Å². The molecular weight excluding hydrogens is 390 g/mol. The quantitative estimate of drug-likeness (QED) is 0.770. The first-order valence-electron chi connectivity index (χ1n) is 10.8. The lowest BCUT2D eigenvalue weighted by Gasteiger charge is -2.58. The van der Waals surface area contributed by atoms with E-state index < -0.39 is 0 Å². The van der Waals surface area contributed by atoms with Gasteiger partial charge in [-0.2, -0.15) is 0 Å². The molecule has 1 aromatic carbocycles. The Morgan fingerprint density at radius 3 is 2.68 bits per heavy atom. The van der Waals surface area contributed by atoms with Crippen LogP contribution >= 0.6 is 0 Å². The number of hydrogen-bond acceptors (Lipinski definition) is 4. The molecule has 0 radical (unpaired) electrons. The zero-order valence-corrected chi connectivity index (χ0v) is 17.3. The lowest BCUT2D eigenvalue weighted by molar-refractivity contribution is -0.166. The molecule has 2 aliphatic heterocycles. The van der Waals surface area contributed by atoms with Gasteiger partial charge in [0.2, 0.25) is 11.8 Å². The second kappa shape index (κ2) is 8.16. The van der Waals surface area contributed by atoms with Gasteiger partial charge in [-0.3, -0.25) is 14.6 Å².